The highest BCUT2D eigenvalue weighted by Gasteiger charge is 2.01. The molecule has 0 unspecified atom stereocenters. The quantitative estimate of drug-likeness (QED) is 0.567. The minimum atomic E-state index is -1.61. The average molecular weight is 224 g/mol. The zero-order valence-corrected chi connectivity index (χ0v) is 10.2. The highest BCUT2D eigenvalue weighted by Crippen LogP contribution is 1.90. The second-order valence-corrected chi connectivity index (χ2v) is 4.33. The van der Waals surface area contributed by atoms with E-state index in [2.05, 4.69) is 0 Å². The van der Waals surface area contributed by atoms with Gasteiger partial charge in [-0.05, 0) is 28.2 Å². The van der Waals surface area contributed by atoms with Crippen LogP contribution in [0.5, 0.6) is 0 Å². The summed E-state index contributed by atoms with van der Waals surface area (Å²) in [5, 5.41) is 0. The standard InChI is InChI=1S/C8H20N2O3S/c1-9(2)5-7-12-14(11)13-8-6-10(3)4/h5-8H2,1-4H3. The van der Waals surface area contributed by atoms with Crippen molar-refractivity contribution in [1.82, 2.24) is 9.80 Å². The summed E-state index contributed by atoms with van der Waals surface area (Å²) in [4.78, 5) is 3.91. The molecule has 0 saturated heterocycles. The van der Waals surface area contributed by atoms with Crippen LogP contribution in [-0.2, 0) is 19.7 Å². The van der Waals surface area contributed by atoms with Gasteiger partial charge in [0, 0.05) is 13.1 Å². The predicted molar refractivity (Wildman–Crippen MR) is 57.2 cm³/mol. The Morgan fingerprint density at radius 2 is 1.29 bits per heavy atom. The average Bonchev–Trinajstić information content (AvgIpc) is 2.02. The van der Waals surface area contributed by atoms with Crippen LogP contribution in [0.4, 0.5) is 0 Å². The van der Waals surface area contributed by atoms with E-state index in [0.717, 1.165) is 13.1 Å². The molecule has 14 heavy (non-hydrogen) atoms. The number of nitrogens with zero attached hydrogens (tertiary/aromatic N) is 2. The second kappa shape index (κ2) is 8.31. The van der Waals surface area contributed by atoms with Crippen LogP contribution in [-0.4, -0.2) is 68.5 Å². The maximum Gasteiger partial charge on any atom is 0.304 e. The molecule has 0 radical (unpaired) electrons. The summed E-state index contributed by atoms with van der Waals surface area (Å²) in [5.74, 6) is 0. The number of hydrogen-bond donors (Lipinski definition) is 0. The van der Waals surface area contributed by atoms with Crippen LogP contribution >= 0.6 is 0 Å². The van der Waals surface area contributed by atoms with Gasteiger partial charge < -0.3 is 9.80 Å². The van der Waals surface area contributed by atoms with E-state index in [1.54, 1.807) is 0 Å². The molecule has 0 aromatic heterocycles. The Bertz CT molecular complexity index is 149. The summed E-state index contributed by atoms with van der Waals surface area (Å²) in [7, 11) is 7.72. The smallest absolute Gasteiger partial charge is 0.304 e. The van der Waals surface area contributed by atoms with Crippen molar-refractivity contribution in [3.63, 3.8) is 0 Å². The molecule has 0 aromatic rings. The molecule has 6 heteroatoms. The first-order valence-corrected chi connectivity index (χ1v) is 5.50. The first kappa shape index (κ1) is 14.0. The zero-order chi connectivity index (χ0) is 11.0. The monoisotopic (exact) mass is 224 g/mol. The first-order chi connectivity index (χ1) is 6.52. The van der Waals surface area contributed by atoms with Gasteiger partial charge in [0.25, 0.3) is 0 Å². The van der Waals surface area contributed by atoms with Crippen molar-refractivity contribution in [2.45, 2.75) is 0 Å². The highest BCUT2D eigenvalue weighted by molar-refractivity contribution is 7.75. The van der Waals surface area contributed by atoms with Crippen LogP contribution < -0.4 is 0 Å². The zero-order valence-electron chi connectivity index (χ0n) is 9.36. The van der Waals surface area contributed by atoms with Crippen molar-refractivity contribution in [3.8, 4) is 0 Å². The van der Waals surface area contributed by atoms with E-state index in [-0.39, 0.29) is 0 Å². The lowest BCUT2D eigenvalue weighted by Gasteiger charge is -2.10. The van der Waals surface area contributed by atoms with Crippen molar-refractivity contribution in [3.05, 3.63) is 0 Å². The SMILES string of the molecule is CN(C)CCOS(=O)OCCN(C)C. The van der Waals surface area contributed by atoms with Crippen molar-refractivity contribution >= 4 is 11.4 Å². The summed E-state index contributed by atoms with van der Waals surface area (Å²) < 4.78 is 20.9. The lowest BCUT2D eigenvalue weighted by Crippen LogP contribution is -2.21. The fraction of sp³-hybridized carbons (Fsp3) is 1.00. The van der Waals surface area contributed by atoms with Gasteiger partial charge in [-0.15, -0.1) is 0 Å². The third kappa shape index (κ3) is 10.1. The Morgan fingerprint density at radius 3 is 1.57 bits per heavy atom. The molecule has 0 heterocycles. The van der Waals surface area contributed by atoms with Crippen LogP contribution in [0.15, 0.2) is 0 Å². The fourth-order valence-corrected chi connectivity index (χ4v) is 1.10. The Balaban J connectivity index is 3.28. The summed E-state index contributed by atoms with van der Waals surface area (Å²) in [6, 6.07) is 0. The molecule has 5 nitrogen and oxygen atoms in total. The van der Waals surface area contributed by atoms with Gasteiger partial charge in [-0.25, -0.2) is 0 Å². The molecular formula is C8H20N2O3S. The van der Waals surface area contributed by atoms with Crippen molar-refractivity contribution < 1.29 is 12.6 Å². The van der Waals surface area contributed by atoms with Crippen LogP contribution in [0, 0.1) is 0 Å². The molecule has 0 N–H and O–H groups in total. The molecule has 0 amide bonds. The minimum absolute atomic E-state index is 0.418. The van der Waals surface area contributed by atoms with E-state index in [1.165, 1.54) is 0 Å². The second-order valence-electron chi connectivity index (χ2n) is 3.45. The Morgan fingerprint density at radius 1 is 0.929 bits per heavy atom. The van der Waals surface area contributed by atoms with E-state index < -0.39 is 11.4 Å². The van der Waals surface area contributed by atoms with E-state index in [0.29, 0.717) is 13.2 Å². The summed E-state index contributed by atoms with van der Waals surface area (Å²) in [6.07, 6.45) is 0. The summed E-state index contributed by atoms with van der Waals surface area (Å²) in [5.41, 5.74) is 0. The van der Waals surface area contributed by atoms with Crippen LogP contribution in [0.3, 0.4) is 0 Å². The van der Waals surface area contributed by atoms with E-state index in [9.17, 15) is 4.21 Å². The highest BCUT2D eigenvalue weighted by atomic mass is 32.2. The minimum Gasteiger partial charge on any atom is -0.307 e. The molecule has 0 aliphatic carbocycles. The first-order valence-electron chi connectivity index (χ1n) is 4.50. The molecule has 0 saturated carbocycles. The topological polar surface area (TPSA) is 42.0 Å². The van der Waals surface area contributed by atoms with E-state index in [4.69, 9.17) is 8.37 Å². The normalized spacial score (nSPS) is 11.9. The van der Waals surface area contributed by atoms with Gasteiger partial charge >= 0.3 is 11.4 Å². The Hall–Kier alpha value is -0.0100. The van der Waals surface area contributed by atoms with Gasteiger partial charge in [-0.3, -0.25) is 8.37 Å². The molecule has 0 rings (SSSR count). The van der Waals surface area contributed by atoms with E-state index in [1.807, 2.05) is 38.0 Å². The van der Waals surface area contributed by atoms with Crippen molar-refractivity contribution in [2.75, 3.05) is 54.5 Å². The van der Waals surface area contributed by atoms with Crippen molar-refractivity contribution in [1.29, 1.82) is 0 Å². The maximum absolute atomic E-state index is 11.0. The lowest BCUT2D eigenvalue weighted by atomic mass is 10.6. The third-order valence-corrected chi connectivity index (χ3v) is 2.15. The van der Waals surface area contributed by atoms with Crippen LogP contribution in [0.2, 0.25) is 0 Å². The number of hydrogen-bond acceptors (Lipinski definition) is 5. The van der Waals surface area contributed by atoms with Crippen LogP contribution in [0.25, 0.3) is 0 Å². The molecule has 0 aliphatic heterocycles. The Kier molecular flexibility index (Phi) is 8.30. The molecule has 0 atom stereocenters. The molecule has 86 valence electrons. The third-order valence-electron chi connectivity index (χ3n) is 1.44. The van der Waals surface area contributed by atoms with Gasteiger partial charge in [-0.2, -0.15) is 4.21 Å². The fourth-order valence-electron chi connectivity index (χ4n) is 0.610. The van der Waals surface area contributed by atoms with Gasteiger partial charge in [0.1, 0.15) is 0 Å². The summed E-state index contributed by atoms with van der Waals surface area (Å²) >= 11 is -1.61. The Labute approximate surface area is 88.8 Å². The molecule has 0 bridgehead atoms. The molecule has 0 aliphatic rings. The van der Waals surface area contributed by atoms with Crippen molar-refractivity contribution in [2.24, 2.45) is 0 Å². The van der Waals surface area contributed by atoms with Crippen LogP contribution in [0.1, 0.15) is 0 Å². The maximum atomic E-state index is 11.0. The summed E-state index contributed by atoms with van der Waals surface area (Å²) in [6.45, 7) is 2.31. The molecular weight excluding hydrogens is 204 g/mol. The van der Waals surface area contributed by atoms with E-state index >= 15 is 0 Å². The largest absolute Gasteiger partial charge is 0.307 e. The molecule has 0 aromatic carbocycles. The number of likely N-dealkylation sites (N-methyl/N-ethyl adjacent to an activating group) is 2. The van der Waals surface area contributed by atoms with Gasteiger partial charge in [0.15, 0.2) is 0 Å². The lowest BCUT2D eigenvalue weighted by molar-refractivity contribution is 0.213. The van der Waals surface area contributed by atoms with Gasteiger partial charge in [-0.1, -0.05) is 0 Å². The number of rotatable bonds is 8. The van der Waals surface area contributed by atoms with Gasteiger partial charge in [0.2, 0.25) is 0 Å². The molecule has 0 fully saturated rings. The van der Waals surface area contributed by atoms with Gasteiger partial charge in [0.05, 0.1) is 13.2 Å². The predicted octanol–water partition coefficient (Wildman–Crippen LogP) is -0.278. The molecule has 0 spiro atoms.